The molecule has 0 aromatic carbocycles. The van der Waals surface area contributed by atoms with E-state index in [4.69, 9.17) is 0 Å². The number of aryl methyl sites for hydroxylation is 1. The van der Waals surface area contributed by atoms with Gasteiger partial charge in [0.1, 0.15) is 0 Å². The van der Waals surface area contributed by atoms with Gasteiger partial charge in [0, 0.05) is 23.4 Å². The van der Waals surface area contributed by atoms with E-state index >= 15 is 0 Å². The van der Waals surface area contributed by atoms with Crippen LogP contribution in [0.3, 0.4) is 0 Å². The first-order valence-electron chi connectivity index (χ1n) is 6.30. The third-order valence-electron chi connectivity index (χ3n) is 2.44. The number of hydrogen-bond donors (Lipinski definition) is 1. The molecule has 2 aromatic heterocycles. The average Bonchev–Trinajstić information content (AvgIpc) is 3.01. The van der Waals surface area contributed by atoms with Gasteiger partial charge in [-0.1, -0.05) is 18.7 Å². The van der Waals surface area contributed by atoms with Gasteiger partial charge in [0.25, 0.3) is 0 Å². The highest BCUT2D eigenvalue weighted by Crippen LogP contribution is 2.23. The second-order valence-corrected chi connectivity index (χ2v) is 6.33. The lowest BCUT2D eigenvalue weighted by atomic mass is 10.5. The molecule has 0 saturated carbocycles. The minimum absolute atomic E-state index is 0.803. The number of hydrogen-bond acceptors (Lipinski definition) is 7. The molecule has 0 bridgehead atoms. The molecule has 0 saturated heterocycles. The SMILES string of the molecule is CCCNCCn1nnnc1SCc1cnc(C)s1. The summed E-state index contributed by atoms with van der Waals surface area (Å²) in [6.45, 7) is 6.90. The summed E-state index contributed by atoms with van der Waals surface area (Å²) in [5.74, 6) is 0.869. The van der Waals surface area contributed by atoms with Crippen LogP contribution in [-0.4, -0.2) is 38.3 Å². The molecular weight excluding hydrogens is 280 g/mol. The third-order valence-corrected chi connectivity index (χ3v) is 4.54. The van der Waals surface area contributed by atoms with E-state index < -0.39 is 0 Å². The molecule has 0 unspecified atom stereocenters. The van der Waals surface area contributed by atoms with Gasteiger partial charge < -0.3 is 5.32 Å². The molecule has 0 aliphatic carbocycles. The molecular formula is C11H18N6S2. The molecule has 0 aliphatic heterocycles. The Labute approximate surface area is 121 Å². The normalized spacial score (nSPS) is 11.1. The molecule has 0 amide bonds. The van der Waals surface area contributed by atoms with Crippen molar-refractivity contribution >= 4 is 23.1 Å². The van der Waals surface area contributed by atoms with Crippen LogP contribution >= 0.6 is 23.1 Å². The Morgan fingerprint density at radius 3 is 3.05 bits per heavy atom. The van der Waals surface area contributed by atoms with E-state index in [-0.39, 0.29) is 0 Å². The van der Waals surface area contributed by atoms with Gasteiger partial charge in [0.15, 0.2) is 0 Å². The van der Waals surface area contributed by atoms with Crippen LogP contribution in [0.25, 0.3) is 0 Å². The molecule has 0 aliphatic rings. The molecule has 2 aromatic rings. The topological polar surface area (TPSA) is 68.5 Å². The van der Waals surface area contributed by atoms with Crippen molar-refractivity contribution in [1.29, 1.82) is 0 Å². The summed E-state index contributed by atoms with van der Waals surface area (Å²) in [6, 6.07) is 0. The molecule has 0 radical (unpaired) electrons. The molecule has 0 spiro atoms. The van der Waals surface area contributed by atoms with Crippen molar-refractivity contribution in [3.8, 4) is 0 Å². The summed E-state index contributed by atoms with van der Waals surface area (Å²) >= 11 is 3.37. The van der Waals surface area contributed by atoms with Crippen LogP contribution in [0, 0.1) is 6.92 Å². The van der Waals surface area contributed by atoms with Gasteiger partial charge in [-0.3, -0.25) is 0 Å². The summed E-state index contributed by atoms with van der Waals surface area (Å²) in [7, 11) is 0. The zero-order chi connectivity index (χ0) is 13.5. The fourth-order valence-electron chi connectivity index (χ4n) is 1.53. The summed E-state index contributed by atoms with van der Waals surface area (Å²) < 4.78 is 1.85. The molecule has 19 heavy (non-hydrogen) atoms. The first-order valence-corrected chi connectivity index (χ1v) is 8.10. The van der Waals surface area contributed by atoms with Crippen molar-refractivity contribution in [2.45, 2.75) is 37.7 Å². The second-order valence-electron chi connectivity index (χ2n) is 4.07. The molecule has 104 valence electrons. The van der Waals surface area contributed by atoms with E-state index in [1.165, 1.54) is 4.88 Å². The Morgan fingerprint density at radius 1 is 1.42 bits per heavy atom. The molecule has 0 fully saturated rings. The average molecular weight is 298 g/mol. The summed E-state index contributed by atoms with van der Waals surface area (Å²) in [5.41, 5.74) is 0. The van der Waals surface area contributed by atoms with E-state index in [0.29, 0.717) is 0 Å². The van der Waals surface area contributed by atoms with Gasteiger partial charge in [0.05, 0.1) is 11.6 Å². The molecule has 1 N–H and O–H groups in total. The van der Waals surface area contributed by atoms with Crippen LogP contribution in [0.1, 0.15) is 23.2 Å². The van der Waals surface area contributed by atoms with E-state index in [0.717, 1.165) is 42.0 Å². The maximum atomic E-state index is 4.25. The van der Waals surface area contributed by atoms with Gasteiger partial charge >= 0.3 is 0 Å². The zero-order valence-electron chi connectivity index (χ0n) is 11.2. The van der Waals surface area contributed by atoms with Crippen molar-refractivity contribution in [3.63, 3.8) is 0 Å². The predicted octanol–water partition coefficient (Wildman–Crippen LogP) is 1.73. The lowest BCUT2D eigenvalue weighted by Crippen LogP contribution is -2.21. The van der Waals surface area contributed by atoms with Gasteiger partial charge in [-0.25, -0.2) is 9.67 Å². The first kappa shape index (κ1) is 14.4. The Kier molecular flexibility index (Phi) is 5.74. The standard InChI is InChI=1S/C11H18N6S2/c1-3-4-12-5-6-17-11(14-15-16-17)18-8-10-7-13-9(2)19-10/h7,12H,3-6,8H2,1-2H3. The van der Waals surface area contributed by atoms with Gasteiger partial charge in [-0.05, 0) is 30.3 Å². The monoisotopic (exact) mass is 298 g/mol. The predicted molar refractivity (Wildman–Crippen MR) is 77.4 cm³/mol. The number of aromatic nitrogens is 5. The molecule has 2 heterocycles. The number of rotatable bonds is 8. The Bertz CT molecular complexity index is 495. The fourth-order valence-corrected chi connectivity index (χ4v) is 3.25. The van der Waals surface area contributed by atoms with Crippen molar-refractivity contribution in [2.24, 2.45) is 0 Å². The molecule has 0 atom stereocenters. The van der Waals surface area contributed by atoms with Crippen molar-refractivity contribution in [1.82, 2.24) is 30.5 Å². The minimum atomic E-state index is 0.803. The van der Waals surface area contributed by atoms with E-state index in [1.807, 2.05) is 17.8 Å². The van der Waals surface area contributed by atoms with E-state index in [1.54, 1.807) is 23.1 Å². The summed E-state index contributed by atoms with van der Waals surface area (Å²) in [5, 5.41) is 17.1. The maximum absolute atomic E-state index is 4.25. The van der Waals surface area contributed by atoms with Crippen molar-refractivity contribution in [3.05, 3.63) is 16.1 Å². The second kappa shape index (κ2) is 7.56. The van der Waals surface area contributed by atoms with Gasteiger partial charge in [-0.15, -0.1) is 16.4 Å². The highest BCUT2D eigenvalue weighted by Gasteiger charge is 2.07. The highest BCUT2D eigenvalue weighted by atomic mass is 32.2. The van der Waals surface area contributed by atoms with Crippen LogP contribution in [0.5, 0.6) is 0 Å². The lowest BCUT2D eigenvalue weighted by Gasteiger charge is -2.04. The van der Waals surface area contributed by atoms with Crippen molar-refractivity contribution in [2.75, 3.05) is 13.1 Å². The summed E-state index contributed by atoms with van der Waals surface area (Å²) in [6.07, 6.45) is 3.06. The third kappa shape index (κ3) is 4.55. The maximum Gasteiger partial charge on any atom is 0.209 e. The molecule has 2 rings (SSSR count). The Hall–Kier alpha value is -0.990. The minimum Gasteiger partial charge on any atom is -0.315 e. The van der Waals surface area contributed by atoms with Gasteiger partial charge in [0.2, 0.25) is 5.16 Å². The highest BCUT2D eigenvalue weighted by molar-refractivity contribution is 7.98. The van der Waals surface area contributed by atoms with Crippen LogP contribution in [0.4, 0.5) is 0 Å². The first-order chi connectivity index (χ1) is 9.29. The van der Waals surface area contributed by atoms with Crippen LogP contribution < -0.4 is 5.32 Å². The largest absolute Gasteiger partial charge is 0.315 e. The Morgan fingerprint density at radius 2 is 2.32 bits per heavy atom. The van der Waals surface area contributed by atoms with Gasteiger partial charge in [-0.2, -0.15) is 0 Å². The quantitative estimate of drug-likeness (QED) is 0.591. The molecule has 6 nitrogen and oxygen atoms in total. The van der Waals surface area contributed by atoms with E-state index in [2.05, 4.69) is 32.7 Å². The number of tetrazole rings is 1. The fraction of sp³-hybridized carbons (Fsp3) is 0.636. The zero-order valence-corrected chi connectivity index (χ0v) is 12.8. The Balaban J connectivity index is 1.81. The smallest absolute Gasteiger partial charge is 0.209 e. The molecule has 8 heteroatoms. The summed E-state index contributed by atoms with van der Waals surface area (Å²) in [4.78, 5) is 5.50. The van der Waals surface area contributed by atoms with Crippen LogP contribution in [-0.2, 0) is 12.3 Å². The van der Waals surface area contributed by atoms with E-state index in [9.17, 15) is 0 Å². The van der Waals surface area contributed by atoms with Crippen LogP contribution in [0.15, 0.2) is 11.4 Å². The number of thiazole rings is 1. The number of nitrogens with one attached hydrogen (secondary N) is 1. The van der Waals surface area contributed by atoms with Crippen molar-refractivity contribution < 1.29 is 0 Å². The number of nitrogens with zero attached hydrogens (tertiary/aromatic N) is 5. The lowest BCUT2D eigenvalue weighted by molar-refractivity contribution is 0.510. The number of thioether (sulfide) groups is 1. The van der Waals surface area contributed by atoms with Crippen LogP contribution in [0.2, 0.25) is 0 Å².